The van der Waals surface area contributed by atoms with E-state index in [1.54, 1.807) is 24.5 Å². The van der Waals surface area contributed by atoms with E-state index >= 15 is 0 Å². The van der Waals surface area contributed by atoms with Crippen molar-refractivity contribution in [1.82, 2.24) is 9.97 Å². The fourth-order valence-corrected chi connectivity index (χ4v) is 4.58. The van der Waals surface area contributed by atoms with Gasteiger partial charge in [-0.1, -0.05) is 18.6 Å². The van der Waals surface area contributed by atoms with Crippen molar-refractivity contribution in [3.05, 3.63) is 62.5 Å². The molecule has 1 N–H and O–H groups in total. The Morgan fingerprint density at radius 3 is 2.78 bits per heavy atom. The molecule has 2 aromatic rings. The normalized spacial score (nSPS) is 20.7. The molecule has 4 nitrogen and oxygen atoms in total. The number of nitrogens with zero attached hydrogens (tertiary/aromatic N) is 2. The van der Waals surface area contributed by atoms with Crippen LogP contribution in [0, 0.1) is 5.92 Å². The van der Waals surface area contributed by atoms with Crippen molar-refractivity contribution >= 4 is 45.0 Å². The van der Waals surface area contributed by atoms with E-state index in [9.17, 15) is 4.79 Å². The molecule has 0 radical (unpaired) electrons. The molecular weight excluding hydrogens is 421 g/mol. The van der Waals surface area contributed by atoms with Crippen molar-refractivity contribution in [3.8, 4) is 0 Å². The van der Waals surface area contributed by atoms with Crippen LogP contribution in [0.25, 0.3) is 0 Å². The van der Waals surface area contributed by atoms with Crippen LogP contribution in [0.1, 0.15) is 35.8 Å². The van der Waals surface area contributed by atoms with Crippen LogP contribution in [0.5, 0.6) is 0 Å². The Hall–Kier alpha value is -1.54. The third kappa shape index (κ3) is 3.69. The number of amides is 1. The van der Waals surface area contributed by atoms with E-state index in [-0.39, 0.29) is 11.8 Å². The van der Waals surface area contributed by atoms with Crippen LogP contribution < -0.4 is 5.32 Å². The molecule has 23 heavy (non-hydrogen) atoms. The molecule has 0 spiro atoms. The number of hydrogen-bond acceptors (Lipinski definition) is 4. The first-order chi connectivity index (χ1) is 11.0. The van der Waals surface area contributed by atoms with Gasteiger partial charge in [0.15, 0.2) is 5.13 Å². The molecule has 0 aliphatic heterocycles. The van der Waals surface area contributed by atoms with Gasteiger partial charge in [0.2, 0.25) is 0 Å². The summed E-state index contributed by atoms with van der Waals surface area (Å²) in [6.45, 7) is 4.34. The lowest BCUT2D eigenvalue weighted by atomic mass is 9.82. The van der Waals surface area contributed by atoms with Crippen LogP contribution in [0.4, 0.5) is 5.13 Å². The molecule has 0 saturated heterocycles. The monoisotopic (exact) mass is 437 g/mol. The van der Waals surface area contributed by atoms with Crippen molar-refractivity contribution < 1.29 is 4.79 Å². The quantitative estimate of drug-likeness (QED) is 0.703. The molecule has 0 aromatic carbocycles. The Balaban J connectivity index is 1.76. The van der Waals surface area contributed by atoms with Gasteiger partial charge in [-0.3, -0.25) is 15.1 Å². The number of thiazole rings is 1. The number of rotatable bonds is 3. The van der Waals surface area contributed by atoms with Crippen molar-refractivity contribution in [1.29, 1.82) is 0 Å². The Kier molecular flexibility index (Phi) is 4.91. The first-order valence-corrected chi connectivity index (χ1v) is 9.23. The van der Waals surface area contributed by atoms with E-state index in [2.05, 4.69) is 63.9 Å². The summed E-state index contributed by atoms with van der Waals surface area (Å²) >= 11 is 3.81. The molecule has 6 heteroatoms. The number of anilines is 1. The van der Waals surface area contributed by atoms with Crippen molar-refractivity contribution in [2.24, 2.45) is 5.92 Å². The Labute approximate surface area is 152 Å². The average molecular weight is 437 g/mol. The van der Waals surface area contributed by atoms with Crippen molar-refractivity contribution in [3.63, 3.8) is 0 Å². The molecule has 2 heterocycles. The summed E-state index contributed by atoms with van der Waals surface area (Å²) < 4.78 is 1.27. The number of allylic oxidation sites excluding steroid dienone is 4. The molecule has 2 aromatic heterocycles. The smallest absolute Gasteiger partial charge is 0.257 e. The van der Waals surface area contributed by atoms with Crippen LogP contribution >= 0.6 is 33.9 Å². The molecule has 118 valence electrons. The van der Waals surface area contributed by atoms with Gasteiger partial charge in [-0.15, -0.1) is 11.3 Å². The number of carbonyl (C=O) groups is 1. The third-order valence-electron chi connectivity index (χ3n) is 3.81. The molecule has 0 fully saturated rings. The highest BCUT2D eigenvalue weighted by atomic mass is 127. The number of halogens is 1. The lowest BCUT2D eigenvalue weighted by Crippen LogP contribution is -2.14. The minimum absolute atomic E-state index is 0.160. The first kappa shape index (κ1) is 16.3. The summed E-state index contributed by atoms with van der Waals surface area (Å²) in [6.07, 6.45) is 7.66. The highest BCUT2D eigenvalue weighted by Crippen LogP contribution is 2.39. The maximum Gasteiger partial charge on any atom is 0.257 e. The molecule has 1 aliphatic rings. The van der Waals surface area contributed by atoms with Crippen LogP contribution in [-0.2, 0) is 0 Å². The zero-order valence-corrected chi connectivity index (χ0v) is 15.8. The molecule has 3 rings (SSSR count). The predicted molar refractivity (Wildman–Crippen MR) is 102 cm³/mol. The van der Waals surface area contributed by atoms with Gasteiger partial charge in [0.1, 0.15) is 0 Å². The molecular formula is C17H16IN3OS. The second-order valence-electron chi connectivity index (χ2n) is 5.54. The number of pyridine rings is 1. The minimum atomic E-state index is -0.160. The summed E-state index contributed by atoms with van der Waals surface area (Å²) in [5.74, 6) is 0.515. The molecule has 0 saturated carbocycles. The summed E-state index contributed by atoms with van der Waals surface area (Å²) in [6, 6.07) is 3.37. The molecule has 0 bridgehead atoms. The van der Waals surface area contributed by atoms with Crippen LogP contribution in [-0.4, -0.2) is 15.9 Å². The Morgan fingerprint density at radius 2 is 2.09 bits per heavy atom. The van der Waals surface area contributed by atoms with Crippen molar-refractivity contribution in [2.45, 2.75) is 19.8 Å². The van der Waals surface area contributed by atoms with Crippen LogP contribution in [0.15, 0.2) is 51.2 Å². The third-order valence-corrected chi connectivity index (χ3v) is 5.25. The van der Waals surface area contributed by atoms with E-state index < -0.39 is 0 Å². The fraction of sp³-hybridized carbons (Fsp3) is 0.235. The minimum Gasteiger partial charge on any atom is -0.298 e. The second kappa shape index (κ2) is 6.92. The summed E-state index contributed by atoms with van der Waals surface area (Å²) in [7, 11) is 0. The highest BCUT2D eigenvalue weighted by Gasteiger charge is 2.25. The summed E-state index contributed by atoms with van der Waals surface area (Å²) in [5.41, 5.74) is 2.90. The van der Waals surface area contributed by atoms with Gasteiger partial charge in [-0.05, 0) is 53.6 Å². The van der Waals surface area contributed by atoms with Crippen molar-refractivity contribution in [2.75, 3.05) is 5.32 Å². The van der Waals surface area contributed by atoms with Gasteiger partial charge in [0.05, 0.1) is 5.69 Å². The van der Waals surface area contributed by atoms with E-state index in [4.69, 9.17) is 0 Å². The predicted octanol–water partition coefficient (Wildman–Crippen LogP) is 4.79. The van der Waals surface area contributed by atoms with Gasteiger partial charge < -0.3 is 0 Å². The zero-order valence-electron chi connectivity index (χ0n) is 12.8. The fourth-order valence-electron chi connectivity index (χ4n) is 2.78. The molecule has 1 amide bonds. The molecule has 2 atom stereocenters. The largest absolute Gasteiger partial charge is 0.298 e. The lowest BCUT2D eigenvalue weighted by molar-refractivity contribution is 0.102. The van der Waals surface area contributed by atoms with Gasteiger partial charge >= 0.3 is 0 Å². The second-order valence-corrected chi connectivity index (χ2v) is 7.65. The number of nitrogens with one attached hydrogen (secondary N) is 1. The zero-order chi connectivity index (χ0) is 16.4. The van der Waals surface area contributed by atoms with Crippen LogP contribution in [0.3, 0.4) is 0 Å². The SMILES string of the molecule is CC1=CC(I)=CC(C)C1c1csc(NC(=O)c2ccncc2)n1. The molecule has 2 unspecified atom stereocenters. The summed E-state index contributed by atoms with van der Waals surface area (Å²) in [5, 5.41) is 5.53. The first-order valence-electron chi connectivity index (χ1n) is 7.27. The highest BCUT2D eigenvalue weighted by molar-refractivity contribution is 14.1. The van der Waals surface area contributed by atoms with Gasteiger partial charge in [-0.2, -0.15) is 0 Å². The number of hydrogen-bond donors (Lipinski definition) is 1. The van der Waals surface area contributed by atoms with E-state index in [1.807, 2.05) is 5.38 Å². The summed E-state index contributed by atoms with van der Waals surface area (Å²) in [4.78, 5) is 20.7. The topological polar surface area (TPSA) is 54.9 Å². The number of aromatic nitrogens is 2. The van der Waals surface area contributed by atoms with Gasteiger partial charge in [0, 0.05) is 32.8 Å². The molecule has 1 aliphatic carbocycles. The van der Waals surface area contributed by atoms with E-state index in [0.717, 1.165) is 5.69 Å². The maximum atomic E-state index is 12.2. The van der Waals surface area contributed by atoms with E-state index in [1.165, 1.54) is 20.5 Å². The average Bonchev–Trinajstić information content (AvgIpc) is 2.95. The van der Waals surface area contributed by atoms with E-state index in [0.29, 0.717) is 16.6 Å². The number of carbonyl (C=O) groups excluding carboxylic acids is 1. The van der Waals surface area contributed by atoms with Gasteiger partial charge in [-0.25, -0.2) is 4.98 Å². The maximum absolute atomic E-state index is 12.2. The Bertz CT molecular complexity index is 782. The van der Waals surface area contributed by atoms with Crippen LogP contribution in [0.2, 0.25) is 0 Å². The standard InChI is InChI=1S/C17H16IN3OS/c1-10-7-13(18)8-11(2)15(10)14-9-23-17(20-14)21-16(22)12-3-5-19-6-4-12/h3-10,15H,1-2H3,(H,20,21,22). The lowest BCUT2D eigenvalue weighted by Gasteiger charge is -2.24. The van der Waals surface area contributed by atoms with Gasteiger partial charge in [0.25, 0.3) is 5.91 Å². The Morgan fingerprint density at radius 1 is 1.35 bits per heavy atom.